The highest BCUT2D eigenvalue weighted by atomic mass is 19.4. The Bertz CT molecular complexity index is 1270. The van der Waals surface area contributed by atoms with E-state index >= 15 is 0 Å². The van der Waals surface area contributed by atoms with Gasteiger partial charge in [0.2, 0.25) is 5.95 Å². The summed E-state index contributed by atoms with van der Waals surface area (Å²) in [7, 11) is 0. The molecule has 0 radical (unpaired) electrons. The molecule has 0 bridgehead atoms. The molecule has 0 atom stereocenters. The van der Waals surface area contributed by atoms with Gasteiger partial charge in [0.1, 0.15) is 17.5 Å². The predicted octanol–water partition coefficient (Wildman–Crippen LogP) is 4.47. The summed E-state index contributed by atoms with van der Waals surface area (Å²) in [6.07, 6.45) is -3.07. The first-order chi connectivity index (χ1) is 18.2. The first-order valence-corrected chi connectivity index (χ1v) is 12.9. The number of piperazine rings is 2. The van der Waals surface area contributed by atoms with Gasteiger partial charge in [0.15, 0.2) is 0 Å². The molecule has 2 saturated heterocycles. The maximum absolute atomic E-state index is 14.0. The first kappa shape index (κ1) is 26.1. The van der Waals surface area contributed by atoms with Gasteiger partial charge in [0.25, 0.3) is 0 Å². The molecule has 5 rings (SSSR count). The quantitative estimate of drug-likeness (QED) is 0.452. The van der Waals surface area contributed by atoms with Crippen LogP contribution in [0.4, 0.5) is 35.1 Å². The van der Waals surface area contributed by atoms with Crippen LogP contribution in [0.15, 0.2) is 42.6 Å². The smallest absolute Gasteiger partial charge is 0.353 e. The highest BCUT2D eigenvalue weighted by Crippen LogP contribution is 2.36. The fourth-order valence-corrected chi connectivity index (χ4v) is 4.96. The lowest BCUT2D eigenvalue weighted by molar-refractivity contribution is -0.137. The van der Waals surface area contributed by atoms with Gasteiger partial charge in [-0.1, -0.05) is 6.92 Å². The number of hydrogen-bond acceptors (Lipinski definition) is 7. The van der Waals surface area contributed by atoms with Crippen molar-refractivity contribution in [2.45, 2.75) is 20.0 Å². The summed E-state index contributed by atoms with van der Waals surface area (Å²) in [4.78, 5) is 22.1. The summed E-state index contributed by atoms with van der Waals surface area (Å²) in [6.45, 7) is 10.00. The van der Waals surface area contributed by atoms with Gasteiger partial charge >= 0.3 is 6.18 Å². The second kappa shape index (κ2) is 10.7. The summed E-state index contributed by atoms with van der Waals surface area (Å²) >= 11 is 0. The molecule has 3 aromatic rings. The average Bonchev–Trinajstić information content (AvgIpc) is 2.94. The largest absolute Gasteiger partial charge is 0.419 e. The standard InChI is InChI=1S/C27H31F4N7/c1-3-35-9-11-38(12-10-35)26-33-23(20-6-7-22(28)19(2)17-20)18-24(34-26)36-13-15-37(16-14-36)25-21(27(29,30)31)5-4-8-32-25/h4-8,17-18H,3,9-16H2,1-2H3. The zero-order valence-electron chi connectivity index (χ0n) is 21.5. The number of nitrogens with zero attached hydrogens (tertiary/aromatic N) is 7. The van der Waals surface area contributed by atoms with E-state index in [0.29, 0.717) is 49.2 Å². The Labute approximate surface area is 219 Å². The first-order valence-electron chi connectivity index (χ1n) is 12.9. The number of alkyl halides is 3. The molecule has 2 aliphatic heterocycles. The molecular formula is C27H31F4N7. The predicted molar refractivity (Wildman–Crippen MR) is 140 cm³/mol. The zero-order chi connectivity index (χ0) is 26.9. The van der Waals surface area contributed by atoms with Crippen molar-refractivity contribution in [1.82, 2.24) is 19.9 Å². The minimum atomic E-state index is -4.47. The van der Waals surface area contributed by atoms with E-state index in [1.54, 1.807) is 24.0 Å². The number of anilines is 3. The van der Waals surface area contributed by atoms with E-state index in [0.717, 1.165) is 44.4 Å². The number of likely N-dealkylation sites (N-methyl/N-ethyl adjacent to an activating group) is 1. The molecule has 1 aromatic carbocycles. The van der Waals surface area contributed by atoms with Crippen molar-refractivity contribution in [3.8, 4) is 11.3 Å². The van der Waals surface area contributed by atoms with Gasteiger partial charge in [0.05, 0.1) is 11.3 Å². The van der Waals surface area contributed by atoms with Crippen LogP contribution >= 0.6 is 0 Å². The summed E-state index contributed by atoms with van der Waals surface area (Å²) in [5.41, 5.74) is 1.30. The second-order valence-electron chi connectivity index (χ2n) is 9.64. The van der Waals surface area contributed by atoms with Crippen LogP contribution in [0.5, 0.6) is 0 Å². The van der Waals surface area contributed by atoms with Crippen molar-refractivity contribution >= 4 is 17.6 Å². The summed E-state index contributed by atoms with van der Waals surface area (Å²) < 4.78 is 54.6. The topological polar surface area (TPSA) is 51.6 Å². The third-order valence-corrected chi connectivity index (χ3v) is 7.25. The van der Waals surface area contributed by atoms with Gasteiger partial charge in [-0.3, -0.25) is 0 Å². The second-order valence-corrected chi connectivity index (χ2v) is 9.64. The lowest BCUT2D eigenvalue weighted by Crippen LogP contribution is -2.48. The van der Waals surface area contributed by atoms with E-state index in [1.807, 2.05) is 6.07 Å². The molecule has 7 nitrogen and oxygen atoms in total. The maximum Gasteiger partial charge on any atom is 0.419 e. The van der Waals surface area contributed by atoms with E-state index in [1.165, 1.54) is 18.3 Å². The Morgan fingerprint density at radius 2 is 1.53 bits per heavy atom. The van der Waals surface area contributed by atoms with Crippen LogP contribution in [0.3, 0.4) is 0 Å². The van der Waals surface area contributed by atoms with Gasteiger partial charge in [-0.15, -0.1) is 0 Å². The number of pyridine rings is 1. The molecule has 4 heterocycles. The third kappa shape index (κ3) is 5.52. The monoisotopic (exact) mass is 529 g/mol. The van der Waals surface area contributed by atoms with E-state index in [-0.39, 0.29) is 11.6 Å². The average molecular weight is 530 g/mol. The van der Waals surface area contributed by atoms with E-state index in [2.05, 4.69) is 26.6 Å². The maximum atomic E-state index is 14.0. The van der Waals surface area contributed by atoms with E-state index < -0.39 is 11.7 Å². The van der Waals surface area contributed by atoms with Crippen LogP contribution in [0.1, 0.15) is 18.1 Å². The van der Waals surface area contributed by atoms with Crippen LogP contribution in [0, 0.1) is 12.7 Å². The molecule has 0 unspecified atom stereocenters. The van der Waals surface area contributed by atoms with Crippen LogP contribution in [-0.4, -0.2) is 78.8 Å². The van der Waals surface area contributed by atoms with Gasteiger partial charge in [-0.2, -0.15) is 18.2 Å². The molecule has 0 amide bonds. The van der Waals surface area contributed by atoms with Gasteiger partial charge in [-0.05, 0) is 49.4 Å². The van der Waals surface area contributed by atoms with Crippen molar-refractivity contribution < 1.29 is 17.6 Å². The Kier molecular flexibility index (Phi) is 7.38. The minimum absolute atomic E-state index is 0.0423. The van der Waals surface area contributed by atoms with Gasteiger partial charge in [-0.25, -0.2) is 14.4 Å². The highest BCUT2D eigenvalue weighted by Gasteiger charge is 2.36. The molecule has 202 valence electrons. The fraction of sp³-hybridized carbons (Fsp3) is 0.444. The Balaban J connectivity index is 1.42. The van der Waals surface area contributed by atoms with Crippen molar-refractivity contribution in [3.63, 3.8) is 0 Å². The SMILES string of the molecule is CCN1CCN(c2nc(-c3ccc(F)c(C)c3)cc(N3CCN(c4ncccc4C(F)(F)F)CC3)n2)CC1. The van der Waals surface area contributed by atoms with Crippen LogP contribution in [0.2, 0.25) is 0 Å². The normalized spacial score (nSPS) is 17.3. The molecule has 0 aliphatic carbocycles. The number of hydrogen-bond donors (Lipinski definition) is 0. The van der Waals surface area contributed by atoms with Crippen LogP contribution in [0.25, 0.3) is 11.3 Å². The third-order valence-electron chi connectivity index (χ3n) is 7.25. The molecule has 2 aliphatic rings. The Morgan fingerprint density at radius 3 is 2.18 bits per heavy atom. The molecule has 2 aromatic heterocycles. The lowest BCUT2D eigenvalue weighted by atomic mass is 10.1. The molecule has 0 spiro atoms. The molecule has 0 N–H and O–H groups in total. The number of aromatic nitrogens is 3. The summed E-state index contributed by atoms with van der Waals surface area (Å²) in [5.74, 6) is 1.01. The number of benzene rings is 1. The molecular weight excluding hydrogens is 498 g/mol. The number of halogens is 4. The summed E-state index contributed by atoms with van der Waals surface area (Å²) in [5, 5.41) is 0. The van der Waals surface area contributed by atoms with Gasteiger partial charge in [0, 0.05) is 70.2 Å². The highest BCUT2D eigenvalue weighted by molar-refractivity contribution is 5.66. The van der Waals surface area contributed by atoms with E-state index in [9.17, 15) is 17.6 Å². The van der Waals surface area contributed by atoms with Gasteiger partial charge < -0.3 is 19.6 Å². The molecule has 38 heavy (non-hydrogen) atoms. The zero-order valence-corrected chi connectivity index (χ0v) is 21.5. The van der Waals surface area contributed by atoms with Crippen molar-refractivity contribution in [2.24, 2.45) is 0 Å². The molecule has 2 fully saturated rings. The van der Waals surface area contributed by atoms with Crippen LogP contribution in [-0.2, 0) is 6.18 Å². The number of rotatable bonds is 5. The number of aryl methyl sites for hydroxylation is 1. The van der Waals surface area contributed by atoms with Crippen molar-refractivity contribution in [2.75, 3.05) is 73.6 Å². The molecule has 11 heteroatoms. The molecule has 0 saturated carbocycles. The Hall–Kier alpha value is -3.47. The van der Waals surface area contributed by atoms with E-state index in [4.69, 9.17) is 9.97 Å². The van der Waals surface area contributed by atoms with Crippen LogP contribution < -0.4 is 14.7 Å². The lowest BCUT2D eigenvalue weighted by Gasteiger charge is -2.38. The fourth-order valence-electron chi connectivity index (χ4n) is 4.96. The van der Waals surface area contributed by atoms with Crippen molar-refractivity contribution in [1.29, 1.82) is 0 Å². The summed E-state index contributed by atoms with van der Waals surface area (Å²) in [6, 6.07) is 9.19. The van der Waals surface area contributed by atoms with Crippen molar-refractivity contribution in [3.05, 3.63) is 59.5 Å². The Morgan fingerprint density at radius 1 is 0.842 bits per heavy atom. The minimum Gasteiger partial charge on any atom is -0.353 e.